The van der Waals surface area contributed by atoms with Gasteiger partial charge >= 0.3 is 0 Å². The average Bonchev–Trinajstić information content (AvgIpc) is 2.98. The van der Waals surface area contributed by atoms with Crippen molar-refractivity contribution in [2.45, 2.75) is 38.8 Å². The molecular weight excluding hydrogens is 306 g/mol. The molecule has 0 amide bonds. The summed E-state index contributed by atoms with van der Waals surface area (Å²) < 4.78 is 0. The van der Waals surface area contributed by atoms with Crippen LogP contribution in [0.1, 0.15) is 36.7 Å². The van der Waals surface area contributed by atoms with Gasteiger partial charge in [0.05, 0.1) is 0 Å². The lowest BCUT2D eigenvalue weighted by Crippen LogP contribution is -2.38. The maximum Gasteiger partial charge on any atom is 0.0411 e. The Morgan fingerprint density at radius 1 is 1.30 bits per heavy atom. The molecule has 2 aliphatic rings. The summed E-state index contributed by atoms with van der Waals surface area (Å²) in [5.74, 6) is 0.737. The van der Waals surface area contributed by atoms with Gasteiger partial charge in [0.2, 0.25) is 0 Å². The molecule has 4 heteroatoms. The van der Waals surface area contributed by atoms with E-state index in [-0.39, 0.29) is 0 Å². The van der Waals surface area contributed by atoms with Crippen molar-refractivity contribution in [1.82, 2.24) is 4.90 Å². The van der Waals surface area contributed by atoms with Crippen LogP contribution < -0.4 is 0 Å². The van der Waals surface area contributed by atoms with Gasteiger partial charge in [-0.05, 0) is 43.0 Å². The molecule has 1 nitrogen and oxygen atoms in total. The zero-order valence-corrected chi connectivity index (χ0v) is 14.0. The number of rotatable bonds is 2. The highest BCUT2D eigenvalue weighted by atomic mass is 35.5. The molecule has 1 atom stereocenters. The molecule has 20 heavy (non-hydrogen) atoms. The molecule has 2 aromatic rings. The Balaban J connectivity index is 1.68. The van der Waals surface area contributed by atoms with Crippen molar-refractivity contribution in [1.29, 1.82) is 0 Å². The van der Waals surface area contributed by atoms with Crippen LogP contribution in [0.3, 0.4) is 0 Å². The molecule has 0 radical (unpaired) electrons. The number of hydrogen-bond acceptors (Lipinski definition) is 3. The van der Waals surface area contributed by atoms with Crippen LogP contribution in [0.15, 0.2) is 12.1 Å². The molecule has 0 spiro atoms. The van der Waals surface area contributed by atoms with E-state index >= 15 is 0 Å². The molecule has 4 heterocycles. The topological polar surface area (TPSA) is 3.24 Å². The van der Waals surface area contributed by atoms with Crippen LogP contribution in [0, 0.1) is 6.92 Å². The van der Waals surface area contributed by atoms with E-state index in [0.29, 0.717) is 6.04 Å². The van der Waals surface area contributed by atoms with Gasteiger partial charge in [-0.3, -0.25) is 4.90 Å². The highest BCUT2D eigenvalue weighted by molar-refractivity contribution is 7.12. The fourth-order valence-corrected chi connectivity index (χ4v) is 6.14. The lowest BCUT2D eigenvalue weighted by Gasteiger charge is -2.39. The Bertz CT molecular complexity index is 643. The number of hydrogen-bond donors (Lipinski definition) is 0. The smallest absolute Gasteiger partial charge is 0.0411 e. The number of thiophene rings is 2. The van der Waals surface area contributed by atoms with E-state index in [2.05, 4.69) is 24.0 Å². The van der Waals surface area contributed by atoms with E-state index in [1.54, 1.807) is 20.9 Å². The minimum atomic E-state index is 0.624. The first-order chi connectivity index (χ1) is 9.74. The van der Waals surface area contributed by atoms with Crippen LogP contribution in [-0.4, -0.2) is 17.3 Å². The SMILES string of the molecule is Cc1cc2c(s1)CCN1Cc3cc(CCCl)sc3C[C@@H]21. The van der Waals surface area contributed by atoms with Crippen molar-refractivity contribution in [2.75, 3.05) is 12.4 Å². The summed E-state index contributed by atoms with van der Waals surface area (Å²) in [5.41, 5.74) is 3.17. The third-order valence-corrected chi connectivity index (χ3v) is 7.01. The van der Waals surface area contributed by atoms with E-state index < -0.39 is 0 Å². The van der Waals surface area contributed by atoms with Gasteiger partial charge in [-0.2, -0.15) is 0 Å². The van der Waals surface area contributed by atoms with E-state index in [9.17, 15) is 0 Å². The van der Waals surface area contributed by atoms with Crippen LogP contribution >= 0.6 is 34.3 Å². The first kappa shape index (κ1) is 13.3. The zero-order valence-electron chi connectivity index (χ0n) is 11.6. The second-order valence-electron chi connectivity index (χ2n) is 5.78. The Morgan fingerprint density at radius 2 is 2.20 bits per heavy atom. The van der Waals surface area contributed by atoms with Crippen molar-refractivity contribution in [3.05, 3.63) is 42.8 Å². The summed E-state index contributed by atoms with van der Waals surface area (Å²) in [7, 11) is 0. The van der Waals surface area contributed by atoms with E-state index in [1.807, 2.05) is 22.7 Å². The van der Waals surface area contributed by atoms with Gasteiger partial charge in [-0.15, -0.1) is 34.3 Å². The second kappa shape index (κ2) is 5.13. The monoisotopic (exact) mass is 323 g/mol. The number of halogens is 1. The summed E-state index contributed by atoms with van der Waals surface area (Å²) >= 11 is 9.88. The molecule has 0 bridgehead atoms. The molecule has 0 fully saturated rings. The van der Waals surface area contributed by atoms with Crippen LogP contribution in [-0.2, 0) is 25.8 Å². The Morgan fingerprint density at radius 3 is 3.05 bits per heavy atom. The van der Waals surface area contributed by atoms with Gasteiger partial charge in [0.25, 0.3) is 0 Å². The first-order valence-electron chi connectivity index (χ1n) is 7.24. The number of aryl methyl sites for hydroxylation is 2. The summed E-state index contributed by atoms with van der Waals surface area (Å²) in [5, 5.41) is 0. The summed E-state index contributed by atoms with van der Waals surface area (Å²) in [4.78, 5) is 8.84. The highest BCUT2D eigenvalue weighted by Gasteiger charge is 2.33. The van der Waals surface area contributed by atoms with Gasteiger partial charge in [-0.1, -0.05) is 0 Å². The normalized spacial score (nSPS) is 21.4. The molecule has 0 saturated heterocycles. The number of nitrogens with zero attached hydrogens (tertiary/aromatic N) is 1. The molecule has 0 saturated carbocycles. The molecule has 0 aliphatic carbocycles. The van der Waals surface area contributed by atoms with Crippen molar-refractivity contribution in [3.63, 3.8) is 0 Å². The van der Waals surface area contributed by atoms with Crippen molar-refractivity contribution in [3.8, 4) is 0 Å². The van der Waals surface area contributed by atoms with E-state index in [1.165, 1.54) is 29.1 Å². The van der Waals surface area contributed by atoms with Gasteiger partial charge in [0, 0.05) is 50.9 Å². The van der Waals surface area contributed by atoms with Crippen LogP contribution in [0.2, 0.25) is 0 Å². The van der Waals surface area contributed by atoms with Gasteiger partial charge in [0.15, 0.2) is 0 Å². The maximum absolute atomic E-state index is 5.89. The molecule has 0 N–H and O–H groups in total. The lowest BCUT2D eigenvalue weighted by molar-refractivity contribution is 0.164. The summed E-state index contributed by atoms with van der Waals surface area (Å²) in [6.45, 7) is 4.59. The molecular formula is C16H18ClNS2. The fraction of sp³-hybridized carbons (Fsp3) is 0.500. The van der Waals surface area contributed by atoms with Crippen molar-refractivity contribution in [2.24, 2.45) is 0 Å². The van der Waals surface area contributed by atoms with Gasteiger partial charge in [0.1, 0.15) is 0 Å². The summed E-state index contributed by atoms with van der Waals surface area (Å²) in [6, 6.07) is 5.45. The Hall–Kier alpha value is -0.350. The van der Waals surface area contributed by atoms with Crippen LogP contribution in [0.4, 0.5) is 0 Å². The number of fused-ring (bicyclic) bond motifs is 4. The van der Waals surface area contributed by atoms with Crippen molar-refractivity contribution < 1.29 is 0 Å². The lowest BCUT2D eigenvalue weighted by atomic mass is 9.91. The molecule has 2 aliphatic heterocycles. The molecule has 0 aromatic carbocycles. The minimum Gasteiger partial charge on any atom is -0.291 e. The number of alkyl halides is 1. The third kappa shape index (κ3) is 2.16. The standard InChI is InChI=1S/C16H18ClNS2/c1-10-6-13-14-8-16-11(7-12(20-16)2-4-17)9-18(14)5-3-15(13)19-10/h6-7,14H,2-5,8-9H2,1H3/t14-/m0/s1. The predicted molar refractivity (Wildman–Crippen MR) is 88.4 cm³/mol. The molecule has 2 aromatic heterocycles. The predicted octanol–water partition coefficient (Wildman–Crippen LogP) is 4.55. The second-order valence-corrected chi connectivity index (χ2v) is 8.72. The largest absolute Gasteiger partial charge is 0.291 e. The molecule has 106 valence electrons. The van der Waals surface area contributed by atoms with Crippen LogP contribution in [0.25, 0.3) is 0 Å². The maximum atomic E-state index is 5.89. The molecule has 4 rings (SSSR count). The quantitative estimate of drug-likeness (QED) is 0.733. The Kier molecular flexibility index (Phi) is 3.42. The van der Waals surface area contributed by atoms with Crippen molar-refractivity contribution >= 4 is 34.3 Å². The summed E-state index contributed by atoms with van der Waals surface area (Å²) in [6.07, 6.45) is 3.45. The molecule has 0 unspecified atom stereocenters. The fourth-order valence-electron chi connectivity index (χ4n) is 3.53. The van der Waals surface area contributed by atoms with Crippen LogP contribution in [0.5, 0.6) is 0 Å². The van der Waals surface area contributed by atoms with E-state index in [4.69, 9.17) is 11.6 Å². The highest BCUT2D eigenvalue weighted by Crippen LogP contribution is 2.43. The third-order valence-electron chi connectivity index (χ3n) is 4.43. The first-order valence-corrected chi connectivity index (χ1v) is 9.41. The van der Waals surface area contributed by atoms with E-state index in [0.717, 1.165) is 18.8 Å². The minimum absolute atomic E-state index is 0.624. The van der Waals surface area contributed by atoms with Gasteiger partial charge < -0.3 is 0 Å². The van der Waals surface area contributed by atoms with Gasteiger partial charge in [-0.25, -0.2) is 0 Å². The average molecular weight is 324 g/mol. The Labute approximate surface area is 133 Å². The zero-order chi connectivity index (χ0) is 13.7.